The molecule has 4 nitrogen and oxygen atoms in total. The molecule has 1 aliphatic heterocycles. The van der Waals surface area contributed by atoms with Crippen LogP contribution in [0.25, 0.3) is 32.9 Å². The minimum Gasteiger partial charge on any atom is -0.339 e. The second-order valence-electron chi connectivity index (χ2n) is 6.76. The van der Waals surface area contributed by atoms with Crippen LogP contribution in [-0.4, -0.2) is 9.97 Å². The van der Waals surface area contributed by atoms with Crippen LogP contribution in [0.1, 0.15) is 10.6 Å². The van der Waals surface area contributed by atoms with Gasteiger partial charge in [-0.05, 0) is 36.4 Å². The Labute approximate surface area is 165 Å². The second-order valence-corrected chi connectivity index (χ2v) is 7.79. The maximum atomic E-state index is 4.85. The summed E-state index contributed by atoms with van der Waals surface area (Å²) in [6, 6.07) is 27.0. The van der Waals surface area contributed by atoms with Crippen molar-refractivity contribution >= 4 is 55.7 Å². The lowest BCUT2D eigenvalue weighted by Crippen LogP contribution is -2.35. The summed E-state index contributed by atoms with van der Waals surface area (Å²) in [5.74, 6) is 1.04. The summed E-state index contributed by atoms with van der Waals surface area (Å²) >= 11 is 1.70. The standard InChI is InChI=1S/C23H16N4S/c1-2-8-15(9-3-1)27-22-17(16-10-4-5-11-18(16)24-22)14-20(26-27)23-25-19-12-6-7-13-21(19)28-23/h1-14,24,26H. The molecule has 2 aromatic heterocycles. The van der Waals surface area contributed by atoms with E-state index in [-0.39, 0.29) is 0 Å². The van der Waals surface area contributed by atoms with Crippen molar-refractivity contribution in [1.82, 2.24) is 15.4 Å². The number of hydrazine groups is 1. The first kappa shape index (κ1) is 15.5. The van der Waals surface area contributed by atoms with Gasteiger partial charge in [0, 0.05) is 16.5 Å². The average molecular weight is 380 g/mol. The molecule has 0 saturated heterocycles. The highest BCUT2D eigenvalue weighted by atomic mass is 32.1. The number of rotatable bonds is 2. The number of para-hydroxylation sites is 3. The second kappa shape index (κ2) is 5.97. The number of hydrogen-bond donors (Lipinski definition) is 2. The maximum absolute atomic E-state index is 4.85. The van der Waals surface area contributed by atoms with Gasteiger partial charge in [-0.3, -0.25) is 5.43 Å². The summed E-state index contributed by atoms with van der Waals surface area (Å²) in [7, 11) is 0. The fraction of sp³-hybridized carbons (Fsp3) is 0. The van der Waals surface area contributed by atoms with Gasteiger partial charge in [-0.1, -0.05) is 48.5 Å². The molecule has 0 amide bonds. The Kier molecular flexibility index (Phi) is 3.30. The molecule has 3 aromatic carbocycles. The molecule has 0 radical (unpaired) electrons. The monoisotopic (exact) mass is 380 g/mol. The Morgan fingerprint density at radius 3 is 2.50 bits per heavy atom. The molecule has 0 unspecified atom stereocenters. The summed E-state index contributed by atoms with van der Waals surface area (Å²) in [5, 5.41) is 4.30. The predicted octanol–water partition coefficient (Wildman–Crippen LogP) is 5.93. The number of thiazole rings is 1. The van der Waals surface area contributed by atoms with E-state index in [0.29, 0.717) is 0 Å². The topological polar surface area (TPSA) is 44.0 Å². The Bertz CT molecular complexity index is 1310. The van der Waals surface area contributed by atoms with E-state index < -0.39 is 0 Å². The normalized spacial score (nSPS) is 13.4. The Morgan fingerprint density at radius 1 is 0.821 bits per heavy atom. The molecule has 0 saturated carbocycles. The van der Waals surface area contributed by atoms with Crippen molar-refractivity contribution in [3.05, 3.63) is 89.4 Å². The van der Waals surface area contributed by atoms with Crippen molar-refractivity contribution < 1.29 is 0 Å². The summed E-state index contributed by atoms with van der Waals surface area (Å²) < 4.78 is 1.19. The van der Waals surface area contributed by atoms with E-state index in [1.54, 1.807) is 11.3 Å². The molecule has 0 fully saturated rings. The van der Waals surface area contributed by atoms with Gasteiger partial charge in [-0.2, -0.15) is 0 Å². The lowest BCUT2D eigenvalue weighted by Gasteiger charge is -2.30. The average Bonchev–Trinajstić information content (AvgIpc) is 3.35. The molecule has 0 aliphatic carbocycles. The molecule has 0 atom stereocenters. The van der Waals surface area contributed by atoms with Crippen LogP contribution in [0.2, 0.25) is 0 Å². The first-order chi connectivity index (χ1) is 13.9. The highest BCUT2D eigenvalue weighted by molar-refractivity contribution is 7.19. The van der Waals surface area contributed by atoms with E-state index in [1.807, 2.05) is 12.1 Å². The molecule has 5 aromatic rings. The van der Waals surface area contributed by atoms with Crippen molar-refractivity contribution in [2.24, 2.45) is 0 Å². The summed E-state index contributed by atoms with van der Waals surface area (Å²) in [6.45, 7) is 0. The van der Waals surface area contributed by atoms with Gasteiger partial charge >= 0.3 is 0 Å². The molecule has 134 valence electrons. The predicted molar refractivity (Wildman–Crippen MR) is 118 cm³/mol. The van der Waals surface area contributed by atoms with E-state index in [2.05, 4.69) is 88.2 Å². The molecule has 1 aliphatic rings. The van der Waals surface area contributed by atoms with Gasteiger partial charge in [0.25, 0.3) is 0 Å². The minimum atomic E-state index is 0.984. The molecule has 28 heavy (non-hydrogen) atoms. The van der Waals surface area contributed by atoms with Gasteiger partial charge < -0.3 is 4.98 Å². The highest BCUT2D eigenvalue weighted by Gasteiger charge is 2.25. The fourth-order valence-corrected chi connectivity index (χ4v) is 4.62. The van der Waals surface area contributed by atoms with Gasteiger partial charge in [0.05, 0.1) is 21.6 Å². The third-order valence-electron chi connectivity index (χ3n) is 5.01. The highest BCUT2D eigenvalue weighted by Crippen LogP contribution is 2.39. The Hall–Kier alpha value is -3.57. The summed E-state index contributed by atoms with van der Waals surface area (Å²) in [4.78, 5) is 8.42. The number of nitrogens with zero attached hydrogens (tertiary/aromatic N) is 2. The zero-order chi connectivity index (χ0) is 18.5. The first-order valence-corrected chi connectivity index (χ1v) is 9.99. The van der Waals surface area contributed by atoms with Crippen LogP contribution in [0.5, 0.6) is 0 Å². The van der Waals surface area contributed by atoms with E-state index in [9.17, 15) is 0 Å². The Morgan fingerprint density at radius 2 is 1.61 bits per heavy atom. The summed E-state index contributed by atoms with van der Waals surface area (Å²) in [6.07, 6.45) is 2.20. The first-order valence-electron chi connectivity index (χ1n) is 9.17. The number of nitrogens with one attached hydrogen (secondary N) is 2. The third kappa shape index (κ3) is 2.33. The smallest absolute Gasteiger partial charge is 0.142 e. The van der Waals surface area contributed by atoms with Crippen molar-refractivity contribution in [2.45, 2.75) is 0 Å². The molecular weight excluding hydrogens is 364 g/mol. The number of H-pyrrole nitrogens is 1. The van der Waals surface area contributed by atoms with E-state index in [0.717, 1.165) is 33.2 Å². The lowest BCUT2D eigenvalue weighted by molar-refractivity contribution is 0.883. The molecule has 0 spiro atoms. The summed E-state index contributed by atoms with van der Waals surface area (Å²) in [5.41, 5.74) is 8.97. The van der Waals surface area contributed by atoms with Crippen LogP contribution in [-0.2, 0) is 0 Å². The van der Waals surface area contributed by atoms with E-state index in [4.69, 9.17) is 4.98 Å². The van der Waals surface area contributed by atoms with Gasteiger partial charge in [0.15, 0.2) is 0 Å². The molecule has 3 heterocycles. The Balaban J connectivity index is 1.58. The molecule has 2 N–H and O–H groups in total. The number of hydrogen-bond acceptors (Lipinski definition) is 4. The van der Waals surface area contributed by atoms with E-state index in [1.165, 1.54) is 15.6 Å². The van der Waals surface area contributed by atoms with Crippen molar-refractivity contribution in [2.75, 3.05) is 5.01 Å². The number of anilines is 2. The van der Waals surface area contributed by atoms with Crippen molar-refractivity contribution in [1.29, 1.82) is 0 Å². The largest absolute Gasteiger partial charge is 0.339 e. The molecule has 5 heteroatoms. The fourth-order valence-electron chi connectivity index (χ4n) is 3.69. The number of fused-ring (bicyclic) bond motifs is 4. The van der Waals surface area contributed by atoms with E-state index >= 15 is 0 Å². The minimum absolute atomic E-state index is 0.984. The van der Waals surface area contributed by atoms with Crippen LogP contribution < -0.4 is 10.4 Å². The number of aromatic nitrogens is 2. The van der Waals surface area contributed by atoms with Crippen molar-refractivity contribution in [3.63, 3.8) is 0 Å². The molecule has 0 bridgehead atoms. The van der Waals surface area contributed by atoms with Crippen LogP contribution in [0.4, 0.5) is 11.5 Å². The van der Waals surface area contributed by atoms with Crippen LogP contribution in [0.3, 0.4) is 0 Å². The van der Waals surface area contributed by atoms with Crippen molar-refractivity contribution in [3.8, 4) is 0 Å². The van der Waals surface area contributed by atoms with Crippen LogP contribution in [0, 0.1) is 0 Å². The zero-order valence-electron chi connectivity index (χ0n) is 14.9. The van der Waals surface area contributed by atoms with Gasteiger partial charge in [0.2, 0.25) is 0 Å². The number of aromatic amines is 1. The number of benzene rings is 3. The van der Waals surface area contributed by atoms with Gasteiger partial charge in [-0.25, -0.2) is 9.99 Å². The SMILES string of the molecule is C1=C(c2nc3ccccc3s2)NN(c2ccccc2)c2[nH]c3ccccc3c21. The zero-order valence-corrected chi connectivity index (χ0v) is 15.7. The third-order valence-corrected chi connectivity index (χ3v) is 6.08. The van der Waals surface area contributed by atoms with Gasteiger partial charge in [-0.15, -0.1) is 11.3 Å². The van der Waals surface area contributed by atoms with Gasteiger partial charge in [0.1, 0.15) is 10.8 Å². The molecule has 6 rings (SSSR count). The maximum Gasteiger partial charge on any atom is 0.142 e. The van der Waals surface area contributed by atoms with Crippen LogP contribution >= 0.6 is 11.3 Å². The molecular formula is C23H16N4S. The lowest BCUT2D eigenvalue weighted by atomic mass is 10.1. The van der Waals surface area contributed by atoms with Crippen LogP contribution in [0.15, 0.2) is 78.9 Å². The quantitative estimate of drug-likeness (QED) is 0.399.